The maximum atomic E-state index is 12.6. The van der Waals surface area contributed by atoms with Crippen LogP contribution in [0.25, 0.3) is 10.9 Å². The summed E-state index contributed by atoms with van der Waals surface area (Å²) in [6.07, 6.45) is 0. The minimum Gasteiger partial charge on any atom is -0.449 e. The largest absolute Gasteiger partial charge is 0.449 e. The van der Waals surface area contributed by atoms with Gasteiger partial charge >= 0.3 is 0 Å². The quantitative estimate of drug-likeness (QED) is 0.643. The summed E-state index contributed by atoms with van der Waals surface area (Å²) in [4.78, 5) is 15.6. The van der Waals surface area contributed by atoms with Crippen LogP contribution in [-0.2, 0) is 0 Å². The van der Waals surface area contributed by atoms with E-state index in [0.717, 1.165) is 5.52 Å². The Morgan fingerprint density at radius 2 is 1.84 bits per heavy atom. The third-order valence-corrected chi connectivity index (χ3v) is 4.47. The van der Waals surface area contributed by atoms with Crippen LogP contribution in [0.3, 0.4) is 0 Å². The van der Waals surface area contributed by atoms with Gasteiger partial charge in [-0.05, 0) is 30.3 Å². The summed E-state index contributed by atoms with van der Waals surface area (Å²) in [5.74, 6) is 0.152. The Bertz CT molecular complexity index is 1010. The topological polar surface area (TPSA) is 63.3 Å². The third kappa shape index (κ3) is 2.90. The third-order valence-electron chi connectivity index (χ3n) is 3.84. The first kappa shape index (κ1) is 16.1. The molecule has 4 rings (SSSR count). The molecule has 25 heavy (non-hydrogen) atoms. The number of anilines is 1. The van der Waals surface area contributed by atoms with Crippen LogP contribution in [-0.4, -0.2) is 16.7 Å². The maximum Gasteiger partial charge on any atom is 0.273 e. The lowest BCUT2D eigenvalue weighted by Crippen LogP contribution is -2.29. The number of hydrogen-bond acceptors (Lipinski definition) is 3. The molecule has 128 valence electrons. The number of ether oxygens (including phenoxy) is 2. The van der Waals surface area contributed by atoms with Crippen LogP contribution >= 0.6 is 23.2 Å². The first-order valence-electron chi connectivity index (χ1n) is 7.62. The molecule has 0 radical (unpaired) electrons. The molecule has 5 nitrogen and oxygen atoms in total. The van der Waals surface area contributed by atoms with Crippen molar-refractivity contribution in [2.45, 2.75) is 19.6 Å². The number of fused-ring (bicyclic) bond motifs is 2. The average molecular weight is 377 g/mol. The number of carbonyl (C=O) groups excluding carboxylic acids is 1. The van der Waals surface area contributed by atoms with Crippen molar-refractivity contribution in [3.8, 4) is 11.5 Å². The van der Waals surface area contributed by atoms with E-state index < -0.39 is 5.79 Å². The van der Waals surface area contributed by atoms with Crippen LogP contribution in [0.15, 0.2) is 36.4 Å². The van der Waals surface area contributed by atoms with Gasteiger partial charge in [-0.25, -0.2) is 0 Å². The molecule has 2 heterocycles. The molecule has 7 heteroatoms. The Morgan fingerprint density at radius 3 is 2.64 bits per heavy atom. The normalized spacial score (nSPS) is 14.7. The molecule has 0 fully saturated rings. The Balaban J connectivity index is 1.62. The van der Waals surface area contributed by atoms with E-state index in [1.807, 2.05) is 13.8 Å². The zero-order valence-corrected chi connectivity index (χ0v) is 15.0. The maximum absolute atomic E-state index is 12.6. The van der Waals surface area contributed by atoms with Gasteiger partial charge in [0.1, 0.15) is 5.69 Å². The molecule has 2 aromatic carbocycles. The van der Waals surface area contributed by atoms with Crippen molar-refractivity contribution in [2.75, 3.05) is 5.32 Å². The summed E-state index contributed by atoms with van der Waals surface area (Å²) in [6.45, 7) is 3.64. The predicted octanol–water partition coefficient (Wildman–Crippen LogP) is 5.23. The molecule has 2 N–H and O–H groups in total. The summed E-state index contributed by atoms with van der Waals surface area (Å²) < 4.78 is 11.3. The number of halogens is 2. The van der Waals surface area contributed by atoms with Gasteiger partial charge in [-0.3, -0.25) is 4.79 Å². The number of aromatic amines is 1. The fraction of sp³-hybridized carbons (Fsp3) is 0.167. The number of nitrogens with one attached hydrogen (secondary N) is 2. The molecule has 0 bridgehead atoms. The lowest BCUT2D eigenvalue weighted by molar-refractivity contribution is -0.0431. The van der Waals surface area contributed by atoms with Crippen LogP contribution < -0.4 is 14.8 Å². The van der Waals surface area contributed by atoms with Gasteiger partial charge in [0.25, 0.3) is 5.91 Å². The number of H-pyrrole nitrogens is 1. The van der Waals surface area contributed by atoms with E-state index in [-0.39, 0.29) is 11.6 Å². The van der Waals surface area contributed by atoms with Crippen LogP contribution in [0.5, 0.6) is 11.5 Å². The van der Waals surface area contributed by atoms with E-state index >= 15 is 0 Å². The lowest BCUT2D eigenvalue weighted by atomic mass is 10.2. The zero-order chi connectivity index (χ0) is 17.8. The number of carbonyl (C=O) groups is 1. The first-order valence-corrected chi connectivity index (χ1v) is 8.38. The minimum absolute atomic E-state index is 0.275. The molecule has 1 aliphatic heterocycles. The van der Waals surface area contributed by atoms with Gasteiger partial charge in [0.2, 0.25) is 5.79 Å². The molecule has 0 saturated heterocycles. The first-order chi connectivity index (χ1) is 11.8. The van der Waals surface area contributed by atoms with Crippen molar-refractivity contribution < 1.29 is 14.3 Å². The monoisotopic (exact) mass is 376 g/mol. The average Bonchev–Trinajstić information content (AvgIpc) is 3.02. The summed E-state index contributed by atoms with van der Waals surface area (Å²) in [5.41, 5.74) is 1.60. The summed E-state index contributed by atoms with van der Waals surface area (Å²) in [5, 5.41) is 4.39. The Hall–Kier alpha value is -2.37. The highest BCUT2D eigenvalue weighted by Crippen LogP contribution is 2.40. The van der Waals surface area contributed by atoms with Crippen molar-refractivity contribution in [3.63, 3.8) is 0 Å². The van der Waals surface area contributed by atoms with Gasteiger partial charge < -0.3 is 19.8 Å². The second-order valence-corrected chi connectivity index (χ2v) is 7.04. The van der Waals surface area contributed by atoms with Crippen LogP contribution in [0.2, 0.25) is 10.0 Å². The van der Waals surface area contributed by atoms with Crippen molar-refractivity contribution in [2.24, 2.45) is 0 Å². The number of amides is 1. The smallest absolute Gasteiger partial charge is 0.273 e. The van der Waals surface area contributed by atoms with E-state index in [1.165, 1.54) is 0 Å². The van der Waals surface area contributed by atoms with Gasteiger partial charge in [-0.15, -0.1) is 0 Å². The van der Waals surface area contributed by atoms with Crippen molar-refractivity contribution in [1.29, 1.82) is 0 Å². The zero-order valence-electron chi connectivity index (χ0n) is 13.4. The number of benzene rings is 2. The predicted molar refractivity (Wildman–Crippen MR) is 98.0 cm³/mol. The molecule has 0 saturated carbocycles. The van der Waals surface area contributed by atoms with E-state index in [1.54, 1.807) is 36.4 Å². The minimum atomic E-state index is -0.718. The standard InChI is InChI=1S/C18H14Cl2N2O3/c1-18(2)24-13-6-4-10(8-14(13)25-18)21-17(23)16-15(20)11-7-9(19)3-5-12(11)22-16/h3-8,22H,1-2H3,(H,21,23). The summed E-state index contributed by atoms with van der Waals surface area (Å²) in [6, 6.07) is 10.5. The highest BCUT2D eigenvalue weighted by Gasteiger charge is 2.31. The molecule has 1 aromatic heterocycles. The van der Waals surface area contributed by atoms with Crippen LogP contribution in [0.4, 0.5) is 5.69 Å². The molecule has 0 atom stereocenters. The Kier molecular flexibility index (Phi) is 3.60. The molecule has 1 aliphatic rings. The van der Waals surface area contributed by atoms with Crippen molar-refractivity contribution >= 4 is 45.7 Å². The van der Waals surface area contributed by atoms with Crippen molar-refractivity contribution in [1.82, 2.24) is 4.98 Å². The van der Waals surface area contributed by atoms with Gasteiger partial charge in [0.05, 0.1) is 5.02 Å². The van der Waals surface area contributed by atoms with E-state index in [4.69, 9.17) is 32.7 Å². The van der Waals surface area contributed by atoms with Crippen LogP contribution in [0.1, 0.15) is 24.3 Å². The molecule has 1 amide bonds. The van der Waals surface area contributed by atoms with E-state index in [9.17, 15) is 4.79 Å². The molecule has 0 unspecified atom stereocenters. The number of rotatable bonds is 2. The van der Waals surface area contributed by atoms with Gasteiger partial charge in [0.15, 0.2) is 11.5 Å². The molecule has 3 aromatic rings. The van der Waals surface area contributed by atoms with Gasteiger partial charge in [0, 0.05) is 41.5 Å². The molecule has 0 spiro atoms. The second-order valence-electron chi connectivity index (χ2n) is 6.22. The highest BCUT2D eigenvalue weighted by atomic mass is 35.5. The fourth-order valence-corrected chi connectivity index (χ4v) is 3.24. The van der Waals surface area contributed by atoms with Crippen molar-refractivity contribution in [3.05, 3.63) is 52.1 Å². The fourth-order valence-electron chi connectivity index (χ4n) is 2.78. The Morgan fingerprint density at radius 1 is 1.08 bits per heavy atom. The van der Waals surface area contributed by atoms with Gasteiger partial charge in [-0.2, -0.15) is 0 Å². The molecule has 0 aliphatic carbocycles. The summed E-state index contributed by atoms with van der Waals surface area (Å²) >= 11 is 12.3. The second kappa shape index (κ2) is 5.58. The van der Waals surface area contributed by atoms with Gasteiger partial charge in [-0.1, -0.05) is 23.2 Å². The van der Waals surface area contributed by atoms with E-state index in [0.29, 0.717) is 32.6 Å². The number of aromatic nitrogens is 1. The highest BCUT2D eigenvalue weighted by molar-refractivity contribution is 6.40. The lowest BCUT2D eigenvalue weighted by Gasteiger charge is -2.16. The Labute approximate surface area is 153 Å². The summed E-state index contributed by atoms with van der Waals surface area (Å²) in [7, 11) is 0. The number of hydrogen-bond donors (Lipinski definition) is 2. The SMILES string of the molecule is CC1(C)Oc2ccc(NC(=O)c3[nH]c4ccc(Cl)cc4c3Cl)cc2O1. The molecular formula is C18H14Cl2N2O3. The molecular weight excluding hydrogens is 363 g/mol. The van der Waals surface area contributed by atoms with Crippen LogP contribution in [0, 0.1) is 0 Å². The van der Waals surface area contributed by atoms with E-state index in [2.05, 4.69) is 10.3 Å².